The van der Waals surface area contributed by atoms with E-state index in [0.29, 0.717) is 4.99 Å². The van der Waals surface area contributed by atoms with E-state index in [1.807, 2.05) is 6.07 Å². The molecule has 1 aliphatic rings. The van der Waals surface area contributed by atoms with Gasteiger partial charge in [-0.25, -0.2) is 0 Å². The minimum absolute atomic E-state index is 0.481. The molecule has 1 aromatic carbocycles. The first-order valence-electron chi connectivity index (χ1n) is 6.71. The standard InChI is InChI=1S/C15H22N2S/c1-3-17(9-12-4-5-12)10-14-7-6-13(15(16)18)8-11(14)2/h6-8,12H,3-5,9-10H2,1-2H3,(H2,16,18). The van der Waals surface area contributed by atoms with Crippen LogP contribution in [0, 0.1) is 12.8 Å². The molecule has 0 aromatic heterocycles. The summed E-state index contributed by atoms with van der Waals surface area (Å²) in [5.41, 5.74) is 9.30. The molecule has 18 heavy (non-hydrogen) atoms. The number of thiocarbonyl (C=S) groups is 1. The second-order valence-corrected chi connectivity index (χ2v) is 5.72. The Kier molecular flexibility index (Phi) is 4.36. The monoisotopic (exact) mass is 262 g/mol. The second-order valence-electron chi connectivity index (χ2n) is 5.28. The lowest BCUT2D eigenvalue weighted by molar-refractivity contribution is 0.268. The van der Waals surface area contributed by atoms with Crippen LogP contribution in [-0.2, 0) is 6.54 Å². The first kappa shape index (κ1) is 13.5. The van der Waals surface area contributed by atoms with E-state index in [4.69, 9.17) is 18.0 Å². The van der Waals surface area contributed by atoms with Crippen LogP contribution in [0.15, 0.2) is 18.2 Å². The Morgan fingerprint density at radius 3 is 2.67 bits per heavy atom. The average Bonchev–Trinajstić information content (AvgIpc) is 3.14. The van der Waals surface area contributed by atoms with Crippen molar-refractivity contribution < 1.29 is 0 Å². The van der Waals surface area contributed by atoms with Crippen molar-refractivity contribution in [2.75, 3.05) is 13.1 Å². The van der Waals surface area contributed by atoms with E-state index < -0.39 is 0 Å². The molecular formula is C15H22N2S. The third-order valence-electron chi connectivity index (χ3n) is 3.68. The Morgan fingerprint density at radius 2 is 2.17 bits per heavy atom. The molecule has 0 atom stereocenters. The third-order valence-corrected chi connectivity index (χ3v) is 3.92. The van der Waals surface area contributed by atoms with Gasteiger partial charge in [0.2, 0.25) is 0 Å². The van der Waals surface area contributed by atoms with Crippen molar-refractivity contribution in [1.29, 1.82) is 0 Å². The highest BCUT2D eigenvalue weighted by atomic mass is 32.1. The van der Waals surface area contributed by atoms with Gasteiger partial charge in [-0.2, -0.15) is 0 Å². The molecule has 0 spiro atoms. The molecule has 0 radical (unpaired) electrons. The summed E-state index contributed by atoms with van der Waals surface area (Å²) in [6, 6.07) is 6.30. The Hall–Kier alpha value is -0.930. The molecular weight excluding hydrogens is 240 g/mol. The van der Waals surface area contributed by atoms with Gasteiger partial charge >= 0.3 is 0 Å². The van der Waals surface area contributed by atoms with Gasteiger partial charge in [0, 0.05) is 18.7 Å². The fourth-order valence-corrected chi connectivity index (χ4v) is 2.37. The van der Waals surface area contributed by atoms with Gasteiger partial charge in [0.15, 0.2) is 0 Å². The van der Waals surface area contributed by atoms with Crippen LogP contribution in [0.2, 0.25) is 0 Å². The molecule has 1 aromatic rings. The van der Waals surface area contributed by atoms with Gasteiger partial charge in [-0.15, -0.1) is 0 Å². The lowest BCUT2D eigenvalue weighted by atomic mass is 10.0. The van der Waals surface area contributed by atoms with E-state index in [1.165, 1.54) is 30.5 Å². The summed E-state index contributed by atoms with van der Waals surface area (Å²) in [6.45, 7) is 7.78. The summed E-state index contributed by atoms with van der Waals surface area (Å²) in [5.74, 6) is 0.946. The van der Waals surface area contributed by atoms with Gasteiger partial charge in [0.05, 0.1) is 0 Å². The van der Waals surface area contributed by atoms with Crippen molar-refractivity contribution in [3.05, 3.63) is 34.9 Å². The van der Waals surface area contributed by atoms with E-state index in [2.05, 4.69) is 30.9 Å². The minimum Gasteiger partial charge on any atom is -0.389 e. The quantitative estimate of drug-likeness (QED) is 0.799. The van der Waals surface area contributed by atoms with Crippen LogP contribution >= 0.6 is 12.2 Å². The summed E-state index contributed by atoms with van der Waals surface area (Å²) in [7, 11) is 0. The van der Waals surface area contributed by atoms with Gasteiger partial charge in [-0.05, 0) is 49.4 Å². The number of rotatable bonds is 6. The highest BCUT2D eigenvalue weighted by Crippen LogP contribution is 2.30. The number of nitrogens with zero attached hydrogens (tertiary/aromatic N) is 1. The Balaban J connectivity index is 2.05. The summed E-state index contributed by atoms with van der Waals surface area (Å²) in [5, 5.41) is 0. The molecule has 0 bridgehead atoms. The predicted octanol–water partition coefficient (Wildman–Crippen LogP) is 2.86. The topological polar surface area (TPSA) is 29.3 Å². The Bertz CT molecular complexity index is 438. The summed E-state index contributed by atoms with van der Waals surface area (Å²) in [4.78, 5) is 3.01. The molecule has 0 unspecified atom stereocenters. The van der Waals surface area contributed by atoms with Crippen molar-refractivity contribution in [3.63, 3.8) is 0 Å². The fourth-order valence-electron chi connectivity index (χ4n) is 2.24. The van der Waals surface area contributed by atoms with Crippen molar-refractivity contribution in [1.82, 2.24) is 4.90 Å². The zero-order valence-corrected chi connectivity index (χ0v) is 12.1. The first-order valence-corrected chi connectivity index (χ1v) is 7.12. The van der Waals surface area contributed by atoms with Crippen LogP contribution in [0.5, 0.6) is 0 Å². The molecule has 1 aliphatic carbocycles. The van der Waals surface area contributed by atoms with E-state index in [9.17, 15) is 0 Å². The number of aryl methyl sites for hydroxylation is 1. The van der Waals surface area contributed by atoms with Crippen LogP contribution < -0.4 is 5.73 Å². The maximum atomic E-state index is 5.66. The third kappa shape index (κ3) is 3.53. The number of hydrogen-bond donors (Lipinski definition) is 1. The lowest BCUT2D eigenvalue weighted by Crippen LogP contribution is -2.25. The number of nitrogens with two attached hydrogens (primary N) is 1. The van der Waals surface area contributed by atoms with Crippen LogP contribution in [0.3, 0.4) is 0 Å². The van der Waals surface area contributed by atoms with Gasteiger partial charge < -0.3 is 5.73 Å². The summed E-state index contributed by atoms with van der Waals surface area (Å²) < 4.78 is 0. The number of benzene rings is 1. The predicted molar refractivity (Wildman–Crippen MR) is 80.7 cm³/mol. The van der Waals surface area contributed by atoms with E-state index in [1.54, 1.807) is 0 Å². The highest BCUT2D eigenvalue weighted by molar-refractivity contribution is 7.80. The molecule has 0 amide bonds. The molecule has 1 saturated carbocycles. The molecule has 2 nitrogen and oxygen atoms in total. The van der Waals surface area contributed by atoms with Gasteiger partial charge in [0.1, 0.15) is 4.99 Å². The molecule has 0 heterocycles. The number of hydrogen-bond acceptors (Lipinski definition) is 2. The molecule has 1 fully saturated rings. The van der Waals surface area contributed by atoms with Crippen molar-refractivity contribution >= 4 is 17.2 Å². The average molecular weight is 262 g/mol. The van der Waals surface area contributed by atoms with E-state index >= 15 is 0 Å². The maximum absolute atomic E-state index is 5.66. The molecule has 3 heteroatoms. The molecule has 2 N–H and O–H groups in total. The lowest BCUT2D eigenvalue weighted by Gasteiger charge is -2.21. The molecule has 0 aliphatic heterocycles. The molecule has 2 rings (SSSR count). The van der Waals surface area contributed by atoms with Gasteiger partial charge in [-0.3, -0.25) is 4.90 Å². The summed E-state index contributed by atoms with van der Waals surface area (Å²) >= 11 is 5.01. The van der Waals surface area contributed by atoms with Crippen LogP contribution in [0.1, 0.15) is 36.5 Å². The second kappa shape index (κ2) is 5.81. The van der Waals surface area contributed by atoms with E-state index in [-0.39, 0.29) is 0 Å². The Labute approximate surface area is 115 Å². The van der Waals surface area contributed by atoms with Crippen LogP contribution in [0.4, 0.5) is 0 Å². The van der Waals surface area contributed by atoms with Crippen LogP contribution in [-0.4, -0.2) is 23.0 Å². The largest absolute Gasteiger partial charge is 0.389 e. The minimum atomic E-state index is 0.481. The van der Waals surface area contributed by atoms with Crippen molar-refractivity contribution in [2.45, 2.75) is 33.2 Å². The van der Waals surface area contributed by atoms with Crippen molar-refractivity contribution in [2.24, 2.45) is 11.7 Å². The zero-order valence-electron chi connectivity index (χ0n) is 11.3. The maximum Gasteiger partial charge on any atom is 0.103 e. The van der Waals surface area contributed by atoms with Crippen LogP contribution in [0.25, 0.3) is 0 Å². The molecule has 98 valence electrons. The SMILES string of the molecule is CCN(Cc1ccc(C(N)=S)cc1C)CC1CC1. The Morgan fingerprint density at radius 1 is 1.44 bits per heavy atom. The fraction of sp³-hybridized carbons (Fsp3) is 0.533. The normalized spacial score (nSPS) is 15.1. The smallest absolute Gasteiger partial charge is 0.103 e. The van der Waals surface area contributed by atoms with E-state index in [0.717, 1.165) is 24.6 Å². The van der Waals surface area contributed by atoms with Crippen molar-refractivity contribution in [3.8, 4) is 0 Å². The first-order chi connectivity index (χ1) is 8.60. The van der Waals surface area contributed by atoms with Gasteiger partial charge in [-0.1, -0.05) is 31.3 Å². The van der Waals surface area contributed by atoms with Gasteiger partial charge in [0.25, 0.3) is 0 Å². The zero-order chi connectivity index (χ0) is 13.1. The molecule has 0 saturated heterocycles. The highest BCUT2D eigenvalue weighted by Gasteiger charge is 2.23. The summed E-state index contributed by atoms with van der Waals surface area (Å²) in [6.07, 6.45) is 2.83.